The van der Waals surface area contributed by atoms with Crippen molar-refractivity contribution in [3.8, 4) is 0 Å². The molecule has 2 atom stereocenters. The van der Waals surface area contributed by atoms with E-state index in [0.29, 0.717) is 6.04 Å². The van der Waals surface area contributed by atoms with Crippen molar-refractivity contribution in [3.05, 3.63) is 0 Å². The Balaban J connectivity index is 2.15. The summed E-state index contributed by atoms with van der Waals surface area (Å²) in [6.07, 6.45) is 5.32. The molecule has 1 aliphatic rings. The Morgan fingerprint density at radius 3 is 2.82 bits per heavy atom. The highest BCUT2D eigenvalue weighted by Crippen LogP contribution is 2.16. The van der Waals surface area contributed by atoms with Crippen LogP contribution >= 0.6 is 0 Å². The van der Waals surface area contributed by atoms with E-state index < -0.39 is 0 Å². The summed E-state index contributed by atoms with van der Waals surface area (Å²) >= 11 is 0. The van der Waals surface area contributed by atoms with Crippen molar-refractivity contribution in [1.29, 1.82) is 0 Å². The van der Waals surface area contributed by atoms with Gasteiger partial charge in [0.1, 0.15) is 0 Å². The molecule has 1 heterocycles. The molecule has 0 aromatic carbocycles. The van der Waals surface area contributed by atoms with Gasteiger partial charge in [-0.3, -0.25) is 0 Å². The number of rotatable bonds is 8. The third-order valence-corrected chi connectivity index (χ3v) is 4.07. The Morgan fingerprint density at radius 1 is 1.47 bits per heavy atom. The molecule has 0 aromatic heterocycles. The molecule has 0 amide bonds. The highest BCUT2D eigenvalue weighted by atomic mass is 15.2. The van der Waals surface area contributed by atoms with E-state index in [1.54, 1.807) is 0 Å². The number of hydrogen-bond donors (Lipinski definition) is 1. The SMILES string of the molecule is CCCCNCC(C)N(C)CC1CCCN1C. The lowest BCUT2D eigenvalue weighted by atomic mass is 10.2. The summed E-state index contributed by atoms with van der Waals surface area (Å²) in [7, 11) is 4.52. The maximum atomic E-state index is 3.55. The molecule has 17 heavy (non-hydrogen) atoms. The molecule has 0 radical (unpaired) electrons. The first-order valence-electron chi connectivity index (χ1n) is 7.26. The van der Waals surface area contributed by atoms with Crippen LogP contribution in [0.3, 0.4) is 0 Å². The van der Waals surface area contributed by atoms with Crippen LogP contribution in [0.1, 0.15) is 39.5 Å². The molecule has 3 heteroatoms. The third kappa shape index (κ3) is 5.36. The smallest absolute Gasteiger partial charge is 0.0220 e. The Kier molecular flexibility index (Phi) is 7.09. The zero-order chi connectivity index (χ0) is 12.7. The van der Waals surface area contributed by atoms with E-state index in [0.717, 1.165) is 19.1 Å². The van der Waals surface area contributed by atoms with Gasteiger partial charge in [0.2, 0.25) is 0 Å². The van der Waals surface area contributed by atoms with Crippen LogP contribution in [0.25, 0.3) is 0 Å². The molecule has 1 rings (SSSR count). The standard InChI is InChI=1S/C14H31N3/c1-5-6-9-15-11-13(2)17(4)12-14-8-7-10-16(14)3/h13-15H,5-12H2,1-4H3. The number of likely N-dealkylation sites (N-methyl/N-ethyl adjacent to an activating group) is 2. The first kappa shape index (κ1) is 14.9. The average molecular weight is 241 g/mol. The second-order valence-electron chi connectivity index (χ2n) is 5.62. The van der Waals surface area contributed by atoms with Crippen LogP contribution in [0.2, 0.25) is 0 Å². The molecular weight excluding hydrogens is 210 g/mol. The van der Waals surface area contributed by atoms with Gasteiger partial charge >= 0.3 is 0 Å². The van der Waals surface area contributed by atoms with Crippen molar-refractivity contribution in [2.45, 2.75) is 51.6 Å². The van der Waals surface area contributed by atoms with Gasteiger partial charge in [-0.15, -0.1) is 0 Å². The van der Waals surface area contributed by atoms with Crippen LogP contribution in [-0.2, 0) is 0 Å². The largest absolute Gasteiger partial charge is 0.315 e. The summed E-state index contributed by atoms with van der Waals surface area (Å²) in [5.41, 5.74) is 0. The molecule has 1 fully saturated rings. The van der Waals surface area contributed by atoms with Crippen LogP contribution in [-0.4, -0.2) is 62.2 Å². The third-order valence-electron chi connectivity index (χ3n) is 4.07. The normalized spacial score (nSPS) is 23.5. The van der Waals surface area contributed by atoms with E-state index in [2.05, 4.69) is 43.1 Å². The van der Waals surface area contributed by atoms with E-state index >= 15 is 0 Å². The van der Waals surface area contributed by atoms with Crippen molar-refractivity contribution in [2.24, 2.45) is 0 Å². The monoisotopic (exact) mass is 241 g/mol. The first-order valence-corrected chi connectivity index (χ1v) is 7.26. The predicted molar refractivity (Wildman–Crippen MR) is 75.5 cm³/mol. The number of unbranched alkanes of at least 4 members (excludes halogenated alkanes) is 1. The van der Waals surface area contributed by atoms with Gasteiger partial charge in [0.15, 0.2) is 0 Å². The number of likely N-dealkylation sites (tertiary alicyclic amines) is 1. The molecule has 3 nitrogen and oxygen atoms in total. The van der Waals surface area contributed by atoms with Crippen LogP contribution in [0.5, 0.6) is 0 Å². The zero-order valence-electron chi connectivity index (χ0n) is 12.2. The average Bonchev–Trinajstić information content (AvgIpc) is 2.70. The van der Waals surface area contributed by atoms with E-state index in [1.807, 2.05) is 0 Å². The lowest BCUT2D eigenvalue weighted by Crippen LogP contribution is -2.44. The fourth-order valence-corrected chi connectivity index (χ4v) is 2.49. The molecule has 102 valence electrons. The molecule has 0 aliphatic carbocycles. The van der Waals surface area contributed by atoms with Crippen LogP contribution < -0.4 is 5.32 Å². The Bertz CT molecular complexity index is 196. The number of hydrogen-bond acceptors (Lipinski definition) is 3. The quantitative estimate of drug-likeness (QED) is 0.654. The summed E-state index contributed by atoms with van der Waals surface area (Å²) in [5, 5.41) is 3.55. The number of nitrogens with one attached hydrogen (secondary N) is 1. The van der Waals surface area contributed by atoms with Gasteiger partial charge in [-0.05, 0) is 53.4 Å². The van der Waals surface area contributed by atoms with Crippen LogP contribution in [0, 0.1) is 0 Å². The first-order chi connectivity index (χ1) is 8.15. The van der Waals surface area contributed by atoms with Gasteiger partial charge in [0.25, 0.3) is 0 Å². The van der Waals surface area contributed by atoms with Gasteiger partial charge in [-0.2, -0.15) is 0 Å². The molecule has 2 unspecified atom stereocenters. The zero-order valence-corrected chi connectivity index (χ0v) is 12.2. The van der Waals surface area contributed by atoms with E-state index in [1.165, 1.54) is 38.8 Å². The molecule has 1 aliphatic heterocycles. The number of nitrogens with zero attached hydrogens (tertiary/aromatic N) is 2. The van der Waals surface area contributed by atoms with Gasteiger partial charge in [0, 0.05) is 25.2 Å². The van der Waals surface area contributed by atoms with Crippen molar-refractivity contribution in [2.75, 3.05) is 40.3 Å². The molecule has 1 N–H and O–H groups in total. The van der Waals surface area contributed by atoms with Gasteiger partial charge < -0.3 is 15.1 Å². The van der Waals surface area contributed by atoms with Crippen molar-refractivity contribution in [3.63, 3.8) is 0 Å². The Labute approximate surface area is 108 Å². The minimum absolute atomic E-state index is 0.640. The van der Waals surface area contributed by atoms with E-state index in [-0.39, 0.29) is 0 Å². The summed E-state index contributed by atoms with van der Waals surface area (Å²) in [5.74, 6) is 0. The molecule has 0 aromatic rings. The molecule has 1 saturated heterocycles. The van der Waals surface area contributed by atoms with E-state index in [9.17, 15) is 0 Å². The summed E-state index contributed by atoms with van der Waals surface area (Å²) < 4.78 is 0. The lowest BCUT2D eigenvalue weighted by Gasteiger charge is -2.30. The lowest BCUT2D eigenvalue weighted by molar-refractivity contribution is 0.182. The fourth-order valence-electron chi connectivity index (χ4n) is 2.49. The highest BCUT2D eigenvalue weighted by molar-refractivity contribution is 4.80. The van der Waals surface area contributed by atoms with Gasteiger partial charge in [-0.25, -0.2) is 0 Å². The molecule has 0 saturated carbocycles. The fraction of sp³-hybridized carbons (Fsp3) is 1.00. The van der Waals surface area contributed by atoms with Gasteiger partial charge in [-0.1, -0.05) is 13.3 Å². The van der Waals surface area contributed by atoms with Crippen molar-refractivity contribution in [1.82, 2.24) is 15.1 Å². The summed E-state index contributed by atoms with van der Waals surface area (Å²) in [4.78, 5) is 5.01. The second-order valence-corrected chi connectivity index (χ2v) is 5.62. The minimum atomic E-state index is 0.640. The minimum Gasteiger partial charge on any atom is -0.315 e. The Hall–Kier alpha value is -0.120. The second kappa shape index (κ2) is 8.06. The van der Waals surface area contributed by atoms with Crippen LogP contribution in [0.15, 0.2) is 0 Å². The predicted octanol–water partition coefficient (Wildman–Crippen LogP) is 1.79. The summed E-state index contributed by atoms with van der Waals surface area (Å²) in [6.45, 7) is 9.35. The molecule has 0 bridgehead atoms. The van der Waals surface area contributed by atoms with Crippen molar-refractivity contribution >= 4 is 0 Å². The topological polar surface area (TPSA) is 18.5 Å². The maximum Gasteiger partial charge on any atom is 0.0220 e. The summed E-state index contributed by atoms with van der Waals surface area (Å²) in [6, 6.07) is 1.42. The highest BCUT2D eigenvalue weighted by Gasteiger charge is 2.23. The van der Waals surface area contributed by atoms with Crippen LogP contribution in [0.4, 0.5) is 0 Å². The Morgan fingerprint density at radius 2 is 2.24 bits per heavy atom. The van der Waals surface area contributed by atoms with Gasteiger partial charge in [0.05, 0.1) is 0 Å². The van der Waals surface area contributed by atoms with Crippen molar-refractivity contribution < 1.29 is 0 Å². The molecule has 0 spiro atoms. The van der Waals surface area contributed by atoms with E-state index in [4.69, 9.17) is 0 Å². The molecular formula is C14H31N3. The maximum absolute atomic E-state index is 3.55.